The summed E-state index contributed by atoms with van der Waals surface area (Å²) >= 11 is 5.97. The first-order chi connectivity index (χ1) is 13.0. The number of halogens is 1. The number of benzene rings is 2. The lowest BCUT2D eigenvalue weighted by molar-refractivity contribution is -0.137. The van der Waals surface area contributed by atoms with Gasteiger partial charge in [-0.25, -0.2) is 4.79 Å². The Labute approximate surface area is 161 Å². The van der Waals surface area contributed by atoms with Crippen LogP contribution in [-0.2, 0) is 9.53 Å². The number of carbonyl (C=O) groups excluding carboxylic acids is 2. The normalized spacial score (nSPS) is 10.7. The Morgan fingerprint density at radius 3 is 2.37 bits per heavy atom. The van der Waals surface area contributed by atoms with E-state index in [2.05, 4.69) is 0 Å². The van der Waals surface area contributed by atoms with Crippen molar-refractivity contribution in [3.05, 3.63) is 64.2 Å². The molecular formula is C20H16ClNO5. The van der Waals surface area contributed by atoms with E-state index in [-0.39, 0.29) is 16.2 Å². The van der Waals surface area contributed by atoms with Crippen LogP contribution in [0.15, 0.2) is 48.0 Å². The monoisotopic (exact) mass is 385 g/mol. The molecule has 0 radical (unpaired) electrons. The Morgan fingerprint density at radius 2 is 1.81 bits per heavy atom. The lowest BCUT2D eigenvalue weighted by atomic mass is 10.1. The molecule has 0 aliphatic rings. The minimum absolute atomic E-state index is 0.222. The molecule has 27 heavy (non-hydrogen) atoms. The highest BCUT2D eigenvalue weighted by Crippen LogP contribution is 2.25. The molecule has 0 aromatic heterocycles. The lowest BCUT2D eigenvalue weighted by Crippen LogP contribution is -2.15. The molecule has 6 nitrogen and oxygen atoms in total. The number of methoxy groups -OCH3 is 2. The molecule has 0 saturated heterocycles. The SMILES string of the molecule is COc1ccc(/C=C(\C#N)C(=O)OCC(=O)c2ccc(OC)c(Cl)c2)cc1. The second-order valence-electron chi connectivity index (χ2n) is 5.29. The van der Waals surface area contributed by atoms with Crippen molar-refractivity contribution in [3.63, 3.8) is 0 Å². The summed E-state index contributed by atoms with van der Waals surface area (Å²) in [7, 11) is 3.00. The molecule has 0 saturated carbocycles. The van der Waals surface area contributed by atoms with Gasteiger partial charge in [0.25, 0.3) is 0 Å². The maximum atomic E-state index is 12.1. The first-order valence-electron chi connectivity index (χ1n) is 7.78. The van der Waals surface area contributed by atoms with Gasteiger partial charge in [0.05, 0.1) is 19.2 Å². The third-order valence-corrected chi connectivity index (χ3v) is 3.87. The highest BCUT2D eigenvalue weighted by atomic mass is 35.5. The summed E-state index contributed by atoms with van der Waals surface area (Å²) < 4.78 is 15.0. The van der Waals surface area contributed by atoms with Crippen LogP contribution in [-0.4, -0.2) is 32.6 Å². The summed E-state index contributed by atoms with van der Waals surface area (Å²) in [5.74, 6) is -0.257. The summed E-state index contributed by atoms with van der Waals surface area (Å²) in [6.45, 7) is -0.511. The summed E-state index contributed by atoms with van der Waals surface area (Å²) in [6, 6.07) is 13.0. The van der Waals surface area contributed by atoms with Gasteiger partial charge in [-0.3, -0.25) is 4.79 Å². The zero-order valence-electron chi connectivity index (χ0n) is 14.7. The molecule has 2 rings (SSSR count). The standard InChI is InChI=1S/C20H16ClNO5/c1-25-16-6-3-13(4-7-16)9-15(11-22)20(24)27-12-18(23)14-5-8-19(26-2)17(21)10-14/h3-10H,12H2,1-2H3/b15-9+. The van der Waals surface area contributed by atoms with Gasteiger partial charge in [0.15, 0.2) is 12.4 Å². The van der Waals surface area contributed by atoms with E-state index in [0.29, 0.717) is 17.1 Å². The van der Waals surface area contributed by atoms with E-state index in [0.717, 1.165) is 0 Å². The predicted octanol–water partition coefficient (Wildman–Crippen LogP) is 3.69. The van der Waals surface area contributed by atoms with E-state index in [1.54, 1.807) is 36.4 Å². The molecule has 0 heterocycles. The van der Waals surface area contributed by atoms with Crippen LogP contribution >= 0.6 is 11.6 Å². The van der Waals surface area contributed by atoms with Crippen LogP contribution in [0.1, 0.15) is 15.9 Å². The topological polar surface area (TPSA) is 85.6 Å². The third-order valence-electron chi connectivity index (χ3n) is 3.58. The zero-order valence-corrected chi connectivity index (χ0v) is 15.4. The molecule has 2 aromatic carbocycles. The predicted molar refractivity (Wildman–Crippen MR) is 99.9 cm³/mol. The van der Waals surface area contributed by atoms with E-state index in [1.807, 2.05) is 0 Å². The van der Waals surface area contributed by atoms with Crippen LogP contribution < -0.4 is 9.47 Å². The second kappa shape index (κ2) is 9.41. The number of esters is 1. The molecular weight excluding hydrogens is 370 g/mol. The summed E-state index contributed by atoms with van der Waals surface area (Å²) in [6.07, 6.45) is 1.37. The number of Topliss-reactive ketones (excluding diaryl/α,β-unsaturated/α-hetero) is 1. The van der Waals surface area contributed by atoms with E-state index < -0.39 is 18.4 Å². The molecule has 138 valence electrons. The number of rotatable bonds is 7. The second-order valence-corrected chi connectivity index (χ2v) is 5.70. The van der Waals surface area contributed by atoms with Crippen LogP contribution in [0.5, 0.6) is 11.5 Å². The molecule has 0 amide bonds. The molecule has 7 heteroatoms. The van der Waals surface area contributed by atoms with Gasteiger partial charge in [-0.2, -0.15) is 5.26 Å². The maximum absolute atomic E-state index is 12.1. The molecule has 2 aromatic rings. The fourth-order valence-electron chi connectivity index (χ4n) is 2.14. The van der Waals surface area contributed by atoms with Crippen molar-refractivity contribution >= 4 is 29.4 Å². The lowest BCUT2D eigenvalue weighted by Gasteiger charge is -2.06. The van der Waals surface area contributed by atoms with Crippen molar-refractivity contribution in [2.75, 3.05) is 20.8 Å². The van der Waals surface area contributed by atoms with Crippen molar-refractivity contribution in [1.82, 2.24) is 0 Å². The number of nitriles is 1. The van der Waals surface area contributed by atoms with Crippen LogP contribution in [0.25, 0.3) is 6.08 Å². The van der Waals surface area contributed by atoms with Gasteiger partial charge < -0.3 is 14.2 Å². The smallest absolute Gasteiger partial charge is 0.349 e. The molecule has 0 fully saturated rings. The summed E-state index contributed by atoms with van der Waals surface area (Å²) in [5, 5.41) is 9.44. The van der Waals surface area contributed by atoms with Gasteiger partial charge in [0.1, 0.15) is 23.1 Å². The molecule has 0 aliphatic heterocycles. The Morgan fingerprint density at radius 1 is 1.11 bits per heavy atom. The number of nitrogens with zero attached hydrogens (tertiary/aromatic N) is 1. The highest BCUT2D eigenvalue weighted by molar-refractivity contribution is 6.32. The Hall–Kier alpha value is -3.30. The summed E-state index contributed by atoms with van der Waals surface area (Å²) in [4.78, 5) is 24.2. The van der Waals surface area contributed by atoms with Crippen molar-refractivity contribution in [2.45, 2.75) is 0 Å². The molecule has 0 spiro atoms. The highest BCUT2D eigenvalue weighted by Gasteiger charge is 2.15. The van der Waals surface area contributed by atoms with E-state index in [9.17, 15) is 14.9 Å². The first-order valence-corrected chi connectivity index (χ1v) is 8.16. The summed E-state index contributed by atoms with van der Waals surface area (Å²) in [5.41, 5.74) is 0.671. The Bertz CT molecular complexity index is 913. The van der Waals surface area contributed by atoms with Gasteiger partial charge >= 0.3 is 5.97 Å². The minimum Gasteiger partial charge on any atom is -0.497 e. The number of hydrogen-bond acceptors (Lipinski definition) is 6. The van der Waals surface area contributed by atoms with Crippen LogP contribution in [0.4, 0.5) is 0 Å². The number of carbonyl (C=O) groups is 2. The van der Waals surface area contributed by atoms with Gasteiger partial charge in [-0.15, -0.1) is 0 Å². The first kappa shape index (κ1) is 20.0. The fourth-order valence-corrected chi connectivity index (χ4v) is 2.39. The van der Waals surface area contributed by atoms with Crippen LogP contribution in [0.2, 0.25) is 5.02 Å². The molecule has 0 aliphatic carbocycles. The number of ether oxygens (including phenoxy) is 3. The van der Waals surface area contributed by atoms with Gasteiger partial charge in [-0.05, 0) is 42.0 Å². The Balaban J connectivity index is 2.04. The van der Waals surface area contributed by atoms with Crippen molar-refractivity contribution < 1.29 is 23.8 Å². The van der Waals surface area contributed by atoms with E-state index >= 15 is 0 Å². The zero-order chi connectivity index (χ0) is 19.8. The van der Waals surface area contributed by atoms with E-state index in [4.69, 9.17) is 25.8 Å². The quantitative estimate of drug-likeness (QED) is 0.313. The number of ketones is 1. The largest absolute Gasteiger partial charge is 0.497 e. The van der Waals surface area contributed by atoms with Gasteiger partial charge in [0.2, 0.25) is 0 Å². The molecule has 0 bridgehead atoms. The Kier molecular flexibility index (Phi) is 6.98. The van der Waals surface area contributed by atoms with Crippen molar-refractivity contribution in [1.29, 1.82) is 5.26 Å². The van der Waals surface area contributed by atoms with E-state index in [1.165, 1.54) is 32.4 Å². The molecule has 0 N–H and O–H groups in total. The van der Waals surface area contributed by atoms with Crippen molar-refractivity contribution in [3.8, 4) is 17.6 Å². The molecule has 0 unspecified atom stereocenters. The minimum atomic E-state index is -0.888. The van der Waals surface area contributed by atoms with Crippen LogP contribution in [0, 0.1) is 11.3 Å². The average molecular weight is 386 g/mol. The van der Waals surface area contributed by atoms with Crippen molar-refractivity contribution in [2.24, 2.45) is 0 Å². The van der Waals surface area contributed by atoms with Gasteiger partial charge in [-0.1, -0.05) is 23.7 Å². The number of hydrogen-bond donors (Lipinski definition) is 0. The maximum Gasteiger partial charge on any atom is 0.349 e. The van der Waals surface area contributed by atoms with Gasteiger partial charge in [0, 0.05) is 5.56 Å². The fraction of sp³-hybridized carbons (Fsp3) is 0.150. The third kappa shape index (κ3) is 5.33. The molecule has 0 atom stereocenters. The van der Waals surface area contributed by atoms with Crippen LogP contribution in [0.3, 0.4) is 0 Å². The average Bonchev–Trinajstić information content (AvgIpc) is 2.70.